The van der Waals surface area contributed by atoms with Gasteiger partial charge in [-0.1, -0.05) is 6.08 Å². The van der Waals surface area contributed by atoms with Crippen LogP contribution < -0.4 is 11.5 Å². The van der Waals surface area contributed by atoms with E-state index in [-0.39, 0.29) is 11.5 Å². The number of methoxy groups -OCH3 is 1. The predicted octanol–water partition coefficient (Wildman–Crippen LogP) is 0.883. The summed E-state index contributed by atoms with van der Waals surface area (Å²) in [6.45, 7) is 5.02. The molecule has 0 saturated heterocycles. The molecule has 0 bridgehead atoms. The van der Waals surface area contributed by atoms with Gasteiger partial charge >= 0.3 is 0 Å². The van der Waals surface area contributed by atoms with Gasteiger partial charge in [-0.25, -0.2) is 0 Å². The number of fused-ring (bicyclic) bond motifs is 1. The molecule has 0 spiro atoms. The Morgan fingerprint density at radius 3 is 2.75 bits per heavy atom. The standard InChI is InChI=1S/C12H19N3O/c1-4-15-9-7-8(16-3)5-6-12(9,2)10(13)11(15)14/h5-7,9H,4,13-14H2,1-3H3. The second-order valence-corrected chi connectivity index (χ2v) is 4.42. The molecule has 4 heteroatoms. The number of nitrogens with zero attached hydrogens (tertiary/aromatic N) is 1. The third kappa shape index (κ3) is 1.22. The average molecular weight is 221 g/mol. The largest absolute Gasteiger partial charge is 0.497 e. The molecule has 0 aromatic heterocycles. The third-order valence-electron chi connectivity index (χ3n) is 3.61. The van der Waals surface area contributed by atoms with Crippen LogP contribution in [-0.4, -0.2) is 24.6 Å². The minimum Gasteiger partial charge on any atom is -0.497 e. The zero-order valence-corrected chi connectivity index (χ0v) is 10.0. The van der Waals surface area contributed by atoms with E-state index >= 15 is 0 Å². The van der Waals surface area contributed by atoms with Gasteiger partial charge in [0.1, 0.15) is 11.6 Å². The summed E-state index contributed by atoms with van der Waals surface area (Å²) >= 11 is 0. The summed E-state index contributed by atoms with van der Waals surface area (Å²) in [5.41, 5.74) is 12.7. The maximum absolute atomic E-state index is 6.11. The van der Waals surface area contributed by atoms with E-state index in [0.717, 1.165) is 18.0 Å². The third-order valence-corrected chi connectivity index (χ3v) is 3.61. The van der Waals surface area contributed by atoms with Gasteiger partial charge in [0.15, 0.2) is 0 Å². The van der Waals surface area contributed by atoms with E-state index < -0.39 is 0 Å². The summed E-state index contributed by atoms with van der Waals surface area (Å²) in [4.78, 5) is 2.11. The van der Waals surface area contributed by atoms with Gasteiger partial charge in [-0.2, -0.15) is 0 Å². The quantitative estimate of drug-likeness (QED) is 0.726. The van der Waals surface area contributed by atoms with Crippen LogP contribution in [-0.2, 0) is 4.74 Å². The summed E-state index contributed by atoms with van der Waals surface area (Å²) in [6.07, 6.45) is 6.11. The molecule has 1 aliphatic heterocycles. The lowest BCUT2D eigenvalue weighted by Crippen LogP contribution is -2.40. The molecule has 1 aliphatic carbocycles. The highest BCUT2D eigenvalue weighted by Crippen LogP contribution is 2.44. The first-order valence-corrected chi connectivity index (χ1v) is 5.52. The lowest BCUT2D eigenvalue weighted by molar-refractivity contribution is 0.234. The van der Waals surface area contributed by atoms with E-state index in [1.54, 1.807) is 7.11 Å². The highest BCUT2D eigenvalue weighted by atomic mass is 16.5. The molecule has 4 nitrogen and oxygen atoms in total. The lowest BCUT2D eigenvalue weighted by atomic mass is 9.78. The van der Waals surface area contributed by atoms with E-state index in [1.807, 2.05) is 6.08 Å². The van der Waals surface area contributed by atoms with Gasteiger partial charge in [0, 0.05) is 6.54 Å². The van der Waals surface area contributed by atoms with Crippen LogP contribution in [0.4, 0.5) is 0 Å². The molecule has 0 aromatic carbocycles. The molecular formula is C12H19N3O. The van der Waals surface area contributed by atoms with Gasteiger partial charge in [0.25, 0.3) is 0 Å². The first-order chi connectivity index (χ1) is 7.54. The van der Waals surface area contributed by atoms with Crippen molar-refractivity contribution in [2.75, 3.05) is 13.7 Å². The molecule has 2 unspecified atom stereocenters. The first kappa shape index (κ1) is 10.9. The van der Waals surface area contributed by atoms with Crippen LogP contribution in [0.5, 0.6) is 0 Å². The van der Waals surface area contributed by atoms with Crippen LogP contribution in [0.25, 0.3) is 0 Å². The first-order valence-electron chi connectivity index (χ1n) is 5.52. The van der Waals surface area contributed by atoms with Crippen LogP contribution in [0.2, 0.25) is 0 Å². The number of hydrogen-bond donors (Lipinski definition) is 2. The van der Waals surface area contributed by atoms with Crippen molar-refractivity contribution < 1.29 is 4.74 Å². The monoisotopic (exact) mass is 221 g/mol. The maximum atomic E-state index is 6.11. The maximum Gasteiger partial charge on any atom is 0.120 e. The van der Waals surface area contributed by atoms with Crippen molar-refractivity contribution >= 4 is 0 Å². The van der Waals surface area contributed by atoms with Crippen LogP contribution in [0, 0.1) is 5.41 Å². The molecule has 2 rings (SSSR count). The van der Waals surface area contributed by atoms with Crippen molar-refractivity contribution in [1.29, 1.82) is 0 Å². The molecule has 4 N–H and O–H groups in total. The van der Waals surface area contributed by atoms with Crippen molar-refractivity contribution in [1.82, 2.24) is 4.90 Å². The van der Waals surface area contributed by atoms with Gasteiger partial charge < -0.3 is 21.1 Å². The minimum absolute atomic E-state index is 0.164. The van der Waals surface area contributed by atoms with E-state index in [1.165, 1.54) is 0 Å². The van der Waals surface area contributed by atoms with E-state index in [0.29, 0.717) is 5.82 Å². The molecule has 2 atom stereocenters. The van der Waals surface area contributed by atoms with Crippen LogP contribution >= 0.6 is 0 Å². The number of nitrogens with two attached hydrogens (primary N) is 2. The molecular weight excluding hydrogens is 202 g/mol. The minimum atomic E-state index is -0.206. The van der Waals surface area contributed by atoms with Crippen LogP contribution in [0.15, 0.2) is 35.5 Å². The van der Waals surface area contributed by atoms with Gasteiger partial charge in [-0.05, 0) is 26.0 Å². The lowest BCUT2D eigenvalue weighted by Gasteiger charge is -2.35. The second kappa shape index (κ2) is 3.47. The summed E-state index contributed by atoms with van der Waals surface area (Å²) in [5, 5.41) is 0. The van der Waals surface area contributed by atoms with Crippen molar-refractivity contribution in [3.05, 3.63) is 35.5 Å². The van der Waals surface area contributed by atoms with E-state index in [4.69, 9.17) is 16.2 Å². The van der Waals surface area contributed by atoms with E-state index in [9.17, 15) is 0 Å². The number of likely N-dealkylation sites (N-methyl/N-ethyl adjacent to an activating group) is 1. The Labute approximate surface area is 96.2 Å². The summed E-state index contributed by atoms with van der Waals surface area (Å²) < 4.78 is 5.26. The summed E-state index contributed by atoms with van der Waals surface area (Å²) in [7, 11) is 1.67. The van der Waals surface area contributed by atoms with E-state index in [2.05, 4.69) is 30.9 Å². The molecule has 0 fully saturated rings. The summed E-state index contributed by atoms with van der Waals surface area (Å²) in [6, 6.07) is 0.164. The van der Waals surface area contributed by atoms with Crippen LogP contribution in [0.1, 0.15) is 13.8 Å². The molecule has 0 aromatic rings. The number of ether oxygens (including phenoxy) is 1. The number of rotatable bonds is 2. The Kier molecular flexibility index (Phi) is 2.37. The average Bonchev–Trinajstić information content (AvgIpc) is 2.48. The Morgan fingerprint density at radius 2 is 2.19 bits per heavy atom. The number of allylic oxidation sites excluding steroid dienone is 1. The van der Waals surface area contributed by atoms with Crippen LogP contribution in [0.3, 0.4) is 0 Å². The molecule has 16 heavy (non-hydrogen) atoms. The molecule has 1 heterocycles. The fourth-order valence-electron chi connectivity index (χ4n) is 2.48. The zero-order chi connectivity index (χ0) is 11.9. The van der Waals surface area contributed by atoms with Crippen molar-refractivity contribution in [3.8, 4) is 0 Å². The second-order valence-electron chi connectivity index (χ2n) is 4.42. The highest BCUT2D eigenvalue weighted by Gasteiger charge is 2.46. The van der Waals surface area contributed by atoms with Gasteiger partial charge in [-0.15, -0.1) is 0 Å². The van der Waals surface area contributed by atoms with Crippen molar-refractivity contribution in [3.63, 3.8) is 0 Å². The fourth-order valence-corrected chi connectivity index (χ4v) is 2.48. The van der Waals surface area contributed by atoms with Crippen molar-refractivity contribution in [2.24, 2.45) is 16.9 Å². The molecule has 88 valence electrons. The van der Waals surface area contributed by atoms with Crippen molar-refractivity contribution in [2.45, 2.75) is 19.9 Å². The number of hydrogen-bond acceptors (Lipinski definition) is 4. The smallest absolute Gasteiger partial charge is 0.120 e. The Balaban J connectivity index is 2.45. The zero-order valence-electron chi connectivity index (χ0n) is 10.0. The van der Waals surface area contributed by atoms with Gasteiger partial charge in [0.05, 0.1) is 24.3 Å². The molecule has 0 saturated carbocycles. The topological polar surface area (TPSA) is 64.5 Å². The van der Waals surface area contributed by atoms with Gasteiger partial charge in [-0.3, -0.25) is 0 Å². The molecule has 2 aliphatic rings. The Bertz CT molecular complexity index is 397. The van der Waals surface area contributed by atoms with Gasteiger partial charge in [0.2, 0.25) is 0 Å². The molecule has 0 amide bonds. The fraction of sp³-hybridized carbons (Fsp3) is 0.500. The highest BCUT2D eigenvalue weighted by molar-refractivity contribution is 5.41. The summed E-state index contributed by atoms with van der Waals surface area (Å²) in [5.74, 6) is 1.55. The predicted molar refractivity (Wildman–Crippen MR) is 63.9 cm³/mol. The Morgan fingerprint density at radius 1 is 1.50 bits per heavy atom. The SMILES string of the molecule is CCN1C(N)=C(N)C2(C)C=CC(OC)=CC12. The Hall–Kier alpha value is -1.58. The molecule has 0 radical (unpaired) electrons. The normalized spacial score (nSPS) is 32.8.